The number of anilines is 1. The van der Waals surface area contributed by atoms with E-state index < -0.39 is 5.97 Å². The van der Waals surface area contributed by atoms with Gasteiger partial charge in [-0.15, -0.1) is 0 Å². The molecule has 1 fully saturated rings. The second kappa shape index (κ2) is 7.08. The molecule has 1 amide bonds. The summed E-state index contributed by atoms with van der Waals surface area (Å²) in [4.78, 5) is 23.1. The fraction of sp³-hybridized carbons (Fsp3) is 0.467. The number of hydrogen-bond acceptors (Lipinski definition) is 5. The summed E-state index contributed by atoms with van der Waals surface area (Å²) < 4.78 is 9.73. The highest BCUT2D eigenvalue weighted by atomic mass is 16.6. The zero-order valence-electron chi connectivity index (χ0n) is 12.2. The molecular weight excluding hydrogens is 272 g/mol. The Balaban J connectivity index is 1.87. The van der Waals surface area contributed by atoms with E-state index in [1.54, 1.807) is 24.3 Å². The molecule has 6 nitrogen and oxygen atoms in total. The zero-order chi connectivity index (χ0) is 15.2. The fourth-order valence-corrected chi connectivity index (χ4v) is 2.23. The van der Waals surface area contributed by atoms with Crippen molar-refractivity contribution in [2.75, 3.05) is 32.1 Å². The second-order valence-electron chi connectivity index (χ2n) is 5.12. The third-order valence-corrected chi connectivity index (χ3v) is 3.56. The first-order valence-corrected chi connectivity index (χ1v) is 6.91. The number of nitrogens with one attached hydrogen (secondary N) is 2. The highest BCUT2D eigenvalue weighted by Gasteiger charge is 2.29. The molecule has 6 heteroatoms. The van der Waals surface area contributed by atoms with E-state index in [-0.39, 0.29) is 18.4 Å². The number of carbonyl (C=O) groups excluding carboxylic acids is 2. The molecule has 0 saturated carbocycles. The minimum absolute atomic E-state index is 0.000232. The van der Waals surface area contributed by atoms with Crippen molar-refractivity contribution in [3.8, 4) is 5.75 Å². The first kappa shape index (κ1) is 15.3. The molecule has 1 heterocycles. The molecule has 1 saturated heterocycles. The number of benzene rings is 1. The van der Waals surface area contributed by atoms with Crippen molar-refractivity contribution in [1.82, 2.24) is 5.32 Å². The molecule has 0 radical (unpaired) electrons. The smallest absolute Gasteiger partial charge is 0.343 e. The van der Waals surface area contributed by atoms with Crippen molar-refractivity contribution in [2.45, 2.75) is 6.92 Å². The summed E-state index contributed by atoms with van der Waals surface area (Å²) in [5, 5.41) is 6.10. The van der Waals surface area contributed by atoms with Gasteiger partial charge in [-0.2, -0.15) is 0 Å². The van der Waals surface area contributed by atoms with Crippen LogP contribution in [0.5, 0.6) is 5.75 Å². The molecule has 1 aliphatic heterocycles. The van der Waals surface area contributed by atoms with Gasteiger partial charge in [-0.25, -0.2) is 4.79 Å². The minimum Gasteiger partial charge on any atom is -0.482 e. The molecule has 0 aliphatic carbocycles. The van der Waals surface area contributed by atoms with Gasteiger partial charge in [0, 0.05) is 12.2 Å². The minimum atomic E-state index is -0.435. The number of hydrogen-bond donors (Lipinski definition) is 2. The van der Waals surface area contributed by atoms with Gasteiger partial charge in [0.15, 0.2) is 6.61 Å². The Kier molecular flexibility index (Phi) is 5.16. The van der Waals surface area contributed by atoms with Crippen LogP contribution in [0.3, 0.4) is 0 Å². The molecule has 0 bridgehead atoms. The van der Waals surface area contributed by atoms with E-state index in [1.165, 1.54) is 7.11 Å². The highest BCUT2D eigenvalue weighted by molar-refractivity contribution is 5.93. The van der Waals surface area contributed by atoms with Crippen molar-refractivity contribution in [1.29, 1.82) is 0 Å². The lowest BCUT2D eigenvalue weighted by Crippen LogP contribution is -2.27. The van der Waals surface area contributed by atoms with Crippen LogP contribution < -0.4 is 15.4 Å². The largest absolute Gasteiger partial charge is 0.482 e. The molecular formula is C15H20N2O4. The van der Waals surface area contributed by atoms with E-state index in [9.17, 15) is 9.59 Å². The van der Waals surface area contributed by atoms with Gasteiger partial charge in [0.25, 0.3) is 0 Å². The lowest BCUT2D eigenvalue weighted by molar-refractivity contribution is -0.142. The molecule has 1 aromatic rings. The van der Waals surface area contributed by atoms with Crippen molar-refractivity contribution in [3.63, 3.8) is 0 Å². The summed E-state index contributed by atoms with van der Waals surface area (Å²) in [6.07, 6.45) is 0. The summed E-state index contributed by atoms with van der Waals surface area (Å²) in [6.45, 7) is 3.52. The van der Waals surface area contributed by atoms with E-state index in [0.29, 0.717) is 23.9 Å². The summed E-state index contributed by atoms with van der Waals surface area (Å²) in [7, 11) is 1.31. The molecule has 0 aromatic heterocycles. The molecule has 2 rings (SSSR count). The Hall–Kier alpha value is -2.08. The molecule has 1 aromatic carbocycles. The molecule has 2 N–H and O–H groups in total. The lowest BCUT2D eigenvalue weighted by Gasteiger charge is -2.14. The number of methoxy groups -OCH3 is 1. The topological polar surface area (TPSA) is 76.7 Å². The van der Waals surface area contributed by atoms with Gasteiger partial charge < -0.3 is 20.1 Å². The van der Waals surface area contributed by atoms with Gasteiger partial charge in [0.05, 0.1) is 13.0 Å². The molecule has 2 atom stereocenters. The summed E-state index contributed by atoms with van der Waals surface area (Å²) in [6, 6.07) is 6.90. The van der Waals surface area contributed by atoms with Crippen LogP contribution in [0.2, 0.25) is 0 Å². The Morgan fingerprint density at radius 3 is 2.57 bits per heavy atom. The lowest BCUT2D eigenvalue weighted by atomic mass is 9.97. The van der Waals surface area contributed by atoms with Crippen LogP contribution in [0, 0.1) is 11.8 Å². The maximum atomic E-state index is 12.1. The van der Waals surface area contributed by atoms with E-state index in [4.69, 9.17) is 4.74 Å². The van der Waals surface area contributed by atoms with Crippen molar-refractivity contribution < 1.29 is 19.1 Å². The Bertz CT molecular complexity index is 501. The molecule has 21 heavy (non-hydrogen) atoms. The number of esters is 1. The SMILES string of the molecule is COC(=O)COc1ccc(NC(=O)[C@@H]2CNC[C@H]2C)cc1. The average molecular weight is 292 g/mol. The number of ether oxygens (including phenoxy) is 2. The fourth-order valence-electron chi connectivity index (χ4n) is 2.23. The van der Waals surface area contributed by atoms with Crippen LogP contribution in [0.4, 0.5) is 5.69 Å². The summed E-state index contributed by atoms with van der Waals surface area (Å²) >= 11 is 0. The number of rotatable bonds is 5. The maximum Gasteiger partial charge on any atom is 0.343 e. The van der Waals surface area contributed by atoms with E-state index in [2.05, 4.69) is 22.3 Å². The quantitative estimate of drug-likeness (QED) is 0.793. The Morgan fingerprint density at radius 2 is 2.00 bits per heavy atom. The van der Waals surface area contributed by atoms with Gasteiger partial charge >= 0.3 is 5.97 Å². The number of amides is 1. The third kappa shape index (κ3) is 4.19. The van der Waals surface area contributed by atoms with Crippen molar-refractivity contribution in [3.05, 3.63) is 24.3 Å². The zero-order valence-corrected chi connectivity index (χ0v) is 12.2. The van der Waals surface area contributed by atoms with Crippen LogP contribution in [-0.2, 0) is 14.3 Å². The van der Waals surface area contributed by atoms with E-state index >= 15 is 0 Å². The van der Waals surface area contributed by atoms with Crippen LogP contribution >= 0.6 is 0 Å². The maximum absolute atomic E-state index is 12.1. The molecule has 114 valence electrons. The second-order valence-corrected chi connectivity index (χ2v) is 5.12. The highest BCUT2D eigenvalue weighted by Crippen LogP contribution is 2.20. The van der Waals surface area contributed by atoms with Gasteiger partial charge in [0.1, 0.15) is 5.75 Å². The monoisotopic (exact) mass is 292 g/mol. The van der Waals surface area contributed by atoms with Crippen molar-refractivity contribution in [2.24, 2.45) is 11.8 Å². The summed E-state index contributed by atoms with van der Waals surface area (Å²) in [5.41, 5.74) is 0.713. The number of carbonyl (C=O) groups is 2. The van der Waals surface area contributed by atoms with Gasteiger partial charge in [-0.1, -0.05) is 6.92 Å². The van der Waals surface area contributed by atoms with Crippen LogP contribution in [0.15, 0.2) is 24.3 Å². The third-order valence-electron chi connectivity index (χ3n) is 3.56. The predicted molar refractivity (Wildman–Crippen MR) is 78.1 cm³/mol. The van der Waals surface area contributed by atoms with E-state index in [1.807, 2.05) is 0 Å². The Labute approximate surface area is 123 Å². The van der Waals surface area contributed by atoms with Gasteiger partial charge in [-0.05, 0) is 36.7 Å². The first-order valence-electron chi connectivity index (χ1n) is 6.91. The summed E-state index contributed by atoms with van der Waals surface area (Å²) in [5.74, 6) is 0.480. The van der Waals surface area contributed by atoms with Gasteiger partial charge in [0.2, 0.25) is 5.91 Å². The van der Waals surface area contributed by atoms with E-state index in [0.717, 1.165) is 6.54 Å². The molecule has 0 unspecified atom stereocenters. The molecule has 0 spiro atoms. The normalized spacial score (nSPS) is 20.9. The molecule has 1 aliphatic rings. The van der Waals surface area contributed by atoms with Crippen molar-refractivity contribution >= 4 is 17.6 Å². The van der Waals surface area contributed by atoms with Crippen LogP contribution in [0.25, 0.3) is 0 Å². The van der Waals surface area contributed by atoms with Gasteiger partial charge in [-0.3, -0.25) is 4.79 Å². The average Bonchev–Trinajstić information content (AvgIpc) is 2.92. The first-order chi connectivity index (χ1) is 10.1. The van der Waals surface area contributed by atoms with Crippen LogP contribution in [-0.4, -0.2) is 38.7 Å². The standard InChI is InChI=1S/C15H20N2O4/c1-10-7-16-8-13(10)15(19)17-11-3-5-12(6-4-11)21-9-14(18)20-2/h3-6,10,13,16H,7-9H2,1-2H3,(H,17,19)/t10-,13-/m1/s1. The predicted octanol–water partition coefficient (Wildman–Crippen LogP) is 1.03. The van der Waals surface area contributed by atoms with Crippen LogP contribution in [0.1, 0.15) is 6.92 Å². The Morgan fingerprint density at radius 1 is 1.29 bits per heavy atom.